The molecule has 2 atom stereocenters. The Morgan fingerprint density at radius 3 is 2.37 bits per heavy atom. The molecule has 0 saturated carbocycles. The number of rotatable bonds is 1. The molecule has 0 aromatic heterocycles. The lowest BCUT2D eigenvalue weighted by molar-refractivity contribution is -0.159. The van der Waals surface area contributed by atoms with Crippen LogP contribution in [0.3, 0.4) is 0 Å². The van der Waals surface area contributed by atoms with Crippen molar-refractivity contribution in [1.82, 2.24) is 0 Å². The summed E-state index contributed by atoms with van der Waals surface area (Å²) >= 11 is 0. The van der Waals surface area contributed by atoms with Gasteiger partial charge in [-0.3, -0.25) is 4.84 Å². The van der Waals surface area contributed by atoms with E-state index in [0.29, 0.717) is 24.5 Å². The number of aliphatic carboxylic acids is 2. The summed E-state index contributed by atoms with van der Waals surface area (Å²) in [4.78, 5) is 24.0. The number of hydroxylamine groups is 1. The molecule has 2 heterocycles. The number of anilines is 1. The fourth-order valence-electron chi connectivity index (χ4n) is 3.16. The third-order valence-electron chi connectivity index (χ3n) is 4.50. The van der Waals surface area contributed by atoms with Gasteiger partial charge in [-0.1, -0.05) is 18.2 Å². The number of ether oxygens (including phenoxy) is 1. The third kappa shape index (κ3) is 4.31. The minimum absolute atomic E-state index is 0.237. The number of halogens is 3. The third-order valence-corrected chi connectivity index (χ3v) is 4.50. The largest absolute Gasteiger partial charge is 0.473 e. The van der Waals surface area contributed by atoms with Gasteiger partial charge in [0.05, 0.1) is 11.6 Å². The number of carboxylic acids is 2. The molecule has 2 aliphatic heterocycles. The highest BCUT2D eigenvalue weighted by molar-refractivity contribution is 6.27. The van der Waals surface area contributed by atoms with Crippen molar-refractivity contribution in [2.75, 3.05) is 11.6 Å². The first-order valence-electron chi connectivity index (χ1n) is 8.72. The average molecular weight is 426 g/mol. The van der Waals surface area contributed by atoms with Crippen molar-refractivity contribution in [3.8, 4) is 11.5 Å². The molecule has 0 amide bonds. The molecule has 0 bridgehead atoms. The van der Waals surface area contributed by atoms with Gasteiger partial charge >= 0.3 is 18.1 Å². The minimum atomic E-state index is -4.43. The second kappa shape index (κ2) is 8.20. The summed E-state index contributed by atoms with van der Waals surface area (Å²) in [6, 6.07) is 10.6. The van der Waals surface area contributed by atoms with Crippen LogP contribution >= 0.6 is 0 Å². The number of fused-ring (bicyclic) bond motifs is 5. The lowest BCUT2D eigenvalue weighted by atomic mass is 10.0. The SMILES string of the molecule is NC[C@H]1C[C@@H]2c3ccccc3Oc3ccc(C(F)(F)F)cc3N2O1.O=C(O)C(=O)O. The standard InChI is InChI=1S/C17H15F3N2O2.C2H2O4/c18-17(19,20)10-5-6-16-14(7-10)22-13(8-11(9-21)24-22)12-3-1-2-4-15(12)23-16;3-1(4)2(5)6/h1-7,11,13H,8-9,21H2;(H,3,4)(H,5,6)/t11-,13-;/m1./s1. The fourth-order valence-corrected chi connectivity index (χ4v) is 3.16. The number of nitrogens with zero attached hydrogens (tertiary/aromatic N) is 1. The van der Waals surface area contributed by atoms with Crippen molar-refractivity contribution in [3.05, 3.63) is 53.6 Å². The summed E-state index contributed by atoms with van der Waals surface area (Å²) in [5.74, 6) is -2.70. The monoisotopic (exact) mass is 426 g/mol. The second-order valence-electron chi connectivity index (χ2n) is 6.47. The zero-order valence-corrected chi connectivity index (χ0v) is 15.3. The Morgan fingerprint density at radius 1 is 1.10 bits per heavy atom. The molecule has 1 saturated heterocycles. The van der Waals surface area contributed by atoms with E-state index in [-0.39, 0.29) is 17.8 Å². The number of carbonyl (C=O) groups is 2. The topological polar surface area (TPSA) is 122 Å². The number of carboxylic acid groups (broad SMARTS) is 2. The molecule has 2 aromatic rings. The smallest absolute Gasteiger partial charge is 0.416 e. The number of hydrogen-bond acceptors (Lipinski definition) is 6. The maximum absolute atomic E-state index is 13.1. The van der Waals surface area contributed by atoms with Crippen LogP contribution in [-0.4, -0.2) is 34.8 Å². The van der Waals surface area contributed by atoms with Crippen molar-refractivity contribution in [3.63, 3.8) is 0 Å². The fraction of sp³-hybridized carbons (Fsp3) is 0.263. The van der Waals surface area contributed by atoms with Gasteiger partial charge in [0, 0.05) is 18.5 Å². The number of hydrogen-bond donors (Lipinski definition) is 3. The molecule has 2 aromatic carbocycles. The number of nitrogens with two attached hydrogens (primary N) is 1. The zero-order valence-electron chi connectivity index (χ0n) is 15.3. The van der Waals surface area contributed by atoms with Crippen LogP contribution in [0.1, 0.15) is 23.6 Å². The maximum Gasteiger partial charge on any atom is 0.416 e. The molecule has 30 heavy (non-hydrogen) atoms. The summed E-state index contributed by atoms with van der Waals surface area (Å²) in [6.45, 7) is 0.296. The van der Waals surface area contributed by atoms with Gasteiger partial charge in [0.2, 0.25) is 0 Å². The first-order chi connectivity index (χ1) is 14.1. The van der Waals surface area contributed by atoms with Gasteiger partial charge in [0.25, 0.3) is 0 Å². The van der Waals surface area contributed by atoms with E-state index >= 15 is 0 Å². The molecule has 1 fully saturated rings. The summed E-state index contributed by atoms with van der Waals surface area (Å²) in [6.07, 6.45) is -4.09. The number of para-hydroxylation sites is 1. The van der Waals surface area contributed by atoms with Crippen LogP contribution in [0.25, 0.3) is 0 Å². The Morgan fingerprint density at radius 2 is 1.77 bits per heavy atom. The molecule has 4 rings (SSSR count). The molecular weight excluding hydrogens is 409 g/mol. The van der Waals surface area contributed by atoms with Crippen LogP contribution in [0.5, 0.6) is 11.5 Å². The molecule has 2 aliphatic rings. The van der Waals surface area contributed by atoms with Crippen molar-refractivity contribution >= 4 is 17.6 Å². The highest BCUT2D eigenvalue weighted by Gasteiger charge is 2.41. The summed E-state index contributed by atoms with van der Waals surface area (Å²) in [5, 5.41) is 16.3. The van der Waals surface area contributed by atoms with E-state index in [0.717, 1.165) is 17.7 Å². The summed E-state index contributed by atoms with van der Waals surface area (Å²) in [7, 11) is 0. The van der Waals surface area contributed by atoms with Crippen molar-refractivity contribution in [2.45, 2.75) is 24.7 Å². The van der Waals surface area contributed by atoms with Crippen molar-refractivity contribution < 1.29 is 42.5 Å². The molecule has 8 nitrogen and oxygen atoms in total. The van der Waals surface area contributed by atoms with Crippen molar-refractivity contribution in [2.24, 2.45) is 5.73 Å². The zero-order chi connectivity index (χ0) is 22.1. The van der Waals surface area contributed by atoms with Gasteiger partial charge in [0.15, 0.2) is 5.75 Å². The van der Waals surface area contributed by atoms with E-state index in [9.17, 15) is 13.2 Å². The van der Waals surface area contributed by atoms with Gasteiger partial charge in [-0.15, -0.1) is 0 Å². The van der Waals surface area contributed by atoms with Gasteiger partial charge in [-0.25, -0.2) is 14.7 Å². The predicted octanol–water partition coefficient (Wildman–Crippen LogP) is 3.18. The van der Waals surface area contributed by atoms with Crippen molar-refractivity contribution in [1.29, 1.82) is 0 Å². The quantitative estimate of drug-likeness (QED) is 0.595. The molecule has 0 unspecified atom stereocenters. The predicted molar refractivity (Wildman–Crippen MR) is 97.0 cm³/mol. The van der Waals surface area contributed by atoms with Crippen LogP contribution in [0.4, 0.5) is 18.9 Å². The molecule has 0 spiro atoms. The Kier molecular flexibility index (Phi) is 5.85. The van der Waals surface area contributed by atoms with E-state index in [2.05, 4.69) is 0 Å². The second-order valence-corrected chi connectivity index (χ2v) is 6.47. The molecule has 0 radical (unpaired) electrons. The van der Waals surface area contributed by atoms with E-state index in [1.54, 1.807) is 6.07 Å². The van der Waals surface area contributed by atoms with Gasteiger partial charge < -0.3 is 20.7 Å². The van der Waals surface area contributed by atoms with Gasteiger partial charge in [0.1, 0.15) is 17.5 Å². The Bertz CT molecular complexity index is 954. The highest BCUT2D eigenvalue weighted by atomic mass is 19.4. The Labute approximate surface area is 168 Å². The van der Waals surface area contributed by atoms with E-state index in [4.69, 9.17) is 35.1 Å². The van der Waals surface area contributed by atoms with Crippen LogP contribution in [0.15, 0.2) is 42.5 Å². The van der Waals surface area contributed by atoms with Crippen LogP contribution in [-0.2, 0) is 20.6 Å². The van der Waals surface area contributed by atoms with Crippen LogP contribution in [0, 0.1) is 0 Å². The summed E-state index contributed by atoms with van der Waals surface area (Å²) in [5.41, 5.74) is 6.10. The Hall–Kier alpha value is -3.31. The average Bonchev–Trinajstić information content (AvgIpc) is 3.07. The van der Waals surface area contributed by atoms with Gasteiger partial charge in [-0.2, -0.15) is 13.2 Å². The maximum atomic E-state index is 13.1. The normalized spacial score (nSPS) is 19.3. The molecule has 4 N–H and O–H groups in total. The molecule has 160 valence electrons. The lowest BCUT2D eigenvalue weighted by Crippen LogP contribution is -2.24. The molecular formula is C19H17F3N2O6. The highest BCUT2D eigenvalue weighted by Crippen LogP contribution is 2.50. The van der Waals surface area contributed by atoms with E-state index < -0.39 is 23.7 Å². The van der Waals surface area contributed by atoms with Crippen LogP contribution in [0.2, 0.25) is 0 Å². The number of alkyl halides is 3. The summed E-state index contributed by atoms with van der Waals surface area (Å²) < 4.78 is 45.1. The lowest BCUT2D eigenvalue weighted by Gasteiger charge is -2.24. The molecule has 11 heteroatoms. The molecule has 0 aliphatic carbocycles. The first-order valence-corrected chi connectivity index (χ1v) is 8.72. The minimum Gasteiger partial charge on any atom is -0.473 e. The van der Waals surface area contributed by atoms with Crippen LogP contribution < -0.4 is 15.5 Å². The van der Waals surface area contributed by atoms with Gasteiger partial charge in [-0.05, 0) is 24.3 Å². The first kappa shape index (κ1) is 21.4. The number of benzene rings is 2. The Balaban J connectivity index is 0.000000377. The van der Waals surface area contributed by atoms with E-state index in [1.807, 2.05) is 18.2 Å². The van der Waals surface area contributed by atoms with E-state index in [1.165, 1.54) is 11.1 Å².